The first-order valence-corrected chi connectivity index (χ1v) is 10.6. The van der Waals surface area contributed by atoms with Crippen molar-refractivity contribution in [1.82, 2.24) is 35.3 Å². The zero-order valence-corrected chi connectivity index (χ0v) is 17.6. The van der Waals surface area contributed by atoms with Gasteiger partial charge in [0.05, 0.1) is 35.6 Å². The van der Waals surface area contributed by atoms with E-state index in [1.165, 1.54) is 11.3 Å². The number of carbonyl (C=O) groups is 1. The van der Waals surface area contributed by atoms with Gasteiger partial charge in [-0.3, -0.25) is 10.4 Å². The fraction of sp³-hybridized carbons (Fsp3) is 0.222. The summed E-state index contributed by atoms with van der Waals surface area (Å²) in [5.41, 5.74) is 2.09. The molecule has 1 aromatic carbocycles. The van der Waals surface area contributed by atoms with Crippen molar-refractivity contribution >= 4 is 56.6 Å². The quantitative estimate of drug-likeness (QED) is 0.425. The number of anilines is 3. The number of morpholine rings is 1. The fourth-order valence-corrected chi connectivity index (χ4v) is 4.04. The number of carbonyl (C=O) groups excluding carboxylic acids is 1. The van der Waals surface area contributed by atoms with Gasteiger partial charge in [-0.15, -0.1) is 10.2 Å². The summed E-state index contributed by atoms with van der Waals surface area (Å²) in [6, 6.07) is 5.17. The second kappa shape index (κ2) is 8.41. The van der Waals surface area contributed by atoms with Crippen LogP contribution in [0.1, 0.15) is 0 Å². The van der Waals surface area contributed by atoms with Crippen LogP contribution in [-0.4, -0.2) is 67.6 Å². The van der Waals surface area contributed by atoms with Gasteiger partial charge in [-0.05, 0) is 18.2 Å². The molecule has 1 aliphatic heterocycles. The van der Waals surface area contributed by atoms with E-state index in [4.69, 9.17) is 16.3 Å². The molecule has 1 saturated heterocycles. The lowest BCUT2D eigenvalue weighted by molar-refractivity contribution is 0.0564. The monoisotopic (exact) mass is 457 g/mol. The highest BCUT2D eigenvalue weighted by molar-refractivity contribution is 7.18. The molecule has 1 fully saturated rings. The number of amides is 2. The van der Waals surface area contributed by atoms with Crippen molar-refractivity contribution < 1.29 is 9.53 Å². The van der Waals surface area contributed by atoms with Crippen molar-refractivity contribution in [3.63, 3.8) is 0 Å². The van der Waals surface area contributed by atoms with Crippen molar-refractivity contribution in [3.8, 4) is 10.7 Å². The molecule has 0 unspecified atom stereocenters. The molecule has 0 radical (unpaired) electrons. The van der Waals surface area contributed by atoms with Gasteiger partial charge >= 0.3 is 6.03 Å². The Kier molecular flexibility index (Phi) is 5.32. The van der Waals surface area contributed by atoms with Gasteiger partial charge in [0.15, 0.2) is 5.01 Å². The molecule has 13 heteroatoms. The zero-order chi connectivity index (χ0) is 21.2. The van der Waals surface area contributed by atoms with Crippen LogP contribution in [0.25, 0.3) is 21.6 Å². The van der Waals surface area contributed by atoms with Crippen LogP contribution in [-0.2, 0) is 4.74 Å². The van der Waals surface area contributed by atoms with E-state index in [0.717, 1.165) is 10.9 Å². The van der Waals surface area contributed by atoms with Crippen molar-refractivity contribution in [2.24, 2.45) is 0 Å². The first-order valence-electron chi connectivity index (χ1n) is 9.36. The van der Waals surface area contributed by atoms with E-state index in [9.17, 15) is 4.79 Å². The number of halogens is 1. The Balaban J connectivity index is 1.31. The first kappa shape index (κ1) is 19.6. The van der Waals surface area contributed by atoms with E-state index >= 15 is 0 Å². The summed E-state index contributed by atoms with van der Waals surface area (Å²) in [4.78, 5) is 22.5. The Morgan fingerprint density at radius 3 is 2.97 bits per heavy atom. The van der Waals surface area contributed by atoms with Crippen molar-refractivity contribution in [2.45, 2.75) is 0 Å². The summed E-state index contributed by atoms with van der Waals surface area (Å²) in [6.45, 7) is 2.10. The van der Waals surface area contributed by atoms with Crippen LogP contribution in [0.4, 0.5) is 21.6 Å². The van der Waals surface area contributed by atoms with E-state index in [1.54, 1.807) is 23.4 Å². The van der Waals surface area contributed by atoms with Crippen LogP contribution in [0.5, 0.6) is 0 Å². The SMILES string of the molecule is O=C(Nc1nccc(-c2nnc(Nc3ccc4[nH]ncc4c3Cl)s2)n1)N1CCOCC1. The number of rotatable bonds is 4. The Hall–Kier alpha value is -3.35. The summed E-state index contributed by atoms with van der Waals surface area (Å²) in [7, 11) is 0. The highest BCUT2D eigenvalue weighted by atomic mass is 35.5. The molecule has 3 N–H and O–H groups in total. The Morgan fingerprint density at radius 1 is 1.23 bits per heavy atom. The number of H-pyrrole nitrogens is 1. The predicted molar refractivity (Wildman–Crippen MR) is 117 cm³/mol. The van der Waals surface area contributed by atoms with Crippen LogP contribution >= 0.6 is 22.9 Å². The third-order valence-corrected chi connectivity index (χ3v) is 5.89. The van der Waals surface area contributed by atoms with Crippen LogP contribution in [0, 0.1) is 0 Å². The Bertz CT molecular complexity index is 1240. The number of hydrogen-bond acceptors (Lipinski definition) is 9. The number of benzene rings is 1. The normalized spacial score (nSPS) is 14.0. The molecule has 11 nitrogen and oxygen atoms in total. The van der Waals surface area contributed by atoms with Gasteiger partial charge in [0.25, 0.3) is 0 Å². The average molecular weight is 458 g/mol. The summed E-state index contributed by atoms with van der Waals surface area (Å²) in [6.07, 6.45) is 3.23. The molecule has 4 aromatic rings. The number of nitrogens with one attached hydrogen (secondary N) is 3. The maximum atomic E-state index is 12.4. The van der Waals surface area contributed by atoms with Gasteiger partial charge in [0.2, 0.25) is 11.1 Å². The van der Waals surface area contributed by atoms with Crippen LogP contribution in [0.2, 0.25) is 5.02 Å². The molecule has 1 aliphatic rings. The minimum Gasteiger partial charge on any atom is -0.378 e. The number of urea groups is 1. The molecule has 31 heavy (non-hydrogen) atoms. The van der Waals surface area contributed by atoms with Crippen LogP contribution in [0.3, 0.4) is 0 Å². The molecule has 0 bridgehead atoms. The van der Waals surface area contributed by atoms with E-state index in [-0.39, 0.29) is 12.0 Å². The second-order valence-electron chi connectivity index (χ2n) is 6.59. The van der Waals surface area contributed by atoms with Gasteiger partial charge in [-0.2, -0.15) is 5.10 Å². The first-order chi connectivity index (χ1) is 15.2. The second-order valence-corrected chi connectivity index (χ2v) is 7.95. The molecule has 2 amide bonds. The maximum absolute atomic E-state index is 12.4. The Labute approximate surface area is 184 Å². The number of nitrogens with zero attached hydrogens (tertiary/aromatic N) is 6. The highest BCUT2D eigenvalue weighted by Gasteiger charge is 2.18. The molecule has 0 atom stereocenters. The lowest BCUT2D eigenvalue weighted by atomic mass is 10.2. The van der Waals surface area contributed by atoms with E-state index in [0.29, 0.717) is 52.8 Å². The molecule has 0 aliphatic carbocycles. The van der Waals surface area contributed by atoms with Gasteiger partial charge in [-0.1, -0.05) is 22.9 Å². The van der Waals surface area contributed by atoms with Crippen molar-refractivity contribution in [2.75, 3.05) is 36.9 Å². The lowest BCUT2D eigenvalue weighted by Gasteiger charge is -2.26. The predicted octanol–water partition coefficient (Wildman–Crippen LogP) is 3.13. The maximum Gasteiger partial charge on any atom is 0.324 e. The topological polar surface area (TPSA) is 134 Å². The molecule has 5 rings (SSSR count). The zero-order valence-electron chi connectivity index (χ0n) is 16.0. The molecular weight excluding hydrogens is 442 g/mol. The summed E-state index contributed by atoms with van der Waals surface area (Å²) < 4.78 is 5.26. The number of ether oxygens (including phenoxy) is 1. The minimum absolute atomic E-state index is 0.201. The van der Waals surface area contributed by atoms with E-state index < -0.39 is 0 Å². The molecule has 0 spiro atoms. The standard InChI is InChI=1S/C18H16ClN9O2S/c19-14-10-9-21-25-11(10)1-2-12(14)23-17-27-26-15(31-17)13-3-4-20-16(22-13)24-18(29)28-5-7-30-8-6-28/h1-4,9H,5-8H2,(H,21,25)(H,23,27)(H,20,22,24,29). The van der Waals surface area contributed by atoms with Gasteiger partial charge in [0.1, 0.15) is 5.69 Å². The smallest absolute Gasteiger partial charge is 0.324 e. The molecule has 158 valence electrons. The number of aromatic nitrogens is 6. The number of fused-ring (bicyclic) bond motifs is 1. The van der Waals surface area contributed by atoms with Gasteiger partial charge in [-0.25, -0.2) is 14.8 Å². The summed E-state index contributed by atoms with van der Waals surface area (Å²) >= 11 is 7.76. The number of aromatic amines is 1. The third-order valence-electron chi connectivity index (χ3n) is 4.62. The van der Waals surface area contributed by atoms with Gasteiger partial charge < -0.3 is 15.0 Å². The molecular formula is C18H16ClN9O2S. The molecule has 4 heterocycles. The molecule has 0 saturated carbocycles. The van der Waals surface area contributed by atoms with Crippen LogP contribution < -0.4 is 10.6 Å². The van der Waals surface area contributed by atoms with E-state index in [1.807, 2.05) is 12.1 Å². The van der Waals surface area contributed by atoms with Crippen LogP contribution in [0.15, 0.2) is 30.6 Å². The van der Waals surface area contributed by atoms with E-state index in [2.05, 4.69) is 41.0 Å². The summed E-state index contributed by atoms with van der Waals surface area (Å²) in [5.74, 6) is 0.201. The lowest BCUT2D eigenvalue weighted by Crippen LogP contribution is -2.43. The minimum atomic E-state index is -0.260. The fourth-order valence-electron chi connectivity index (χ4n) is 3.05. The van der Waals surface area contributed by atoms with Crippen molar-refractivity contribution in [3.05, 3.63) is 35.6 Å². The molecule has 3 aromatic heterocycles. The van der Waals surface area contributed by atoms with Gasteiger partial charge in [0, 0.05) is 24.7 Å². The average Bonchev–Trinajstić information content (AvgIpc) is 3.47. The largest absolute Gasteiger partial charge is 0.378 e. The number of hydrogen-bond donors (Lipinski definition) is 3. The van der Waals surface area contributed by atoms with Crippen molar-refractivity contribution in [1.29, 1.82) is 0 Å². The summed E-state index contributed by atoms with van der Waals surface area (Å²) in [5, 5.41) is 23.6. The Morgan fingerprint density at radius 2 is 2.10 bits per heavy atom. The third kappa shape index (κ3) is 4.13. The highest BCUT2D eigenvalue weighted by Crippen LogP contribution is 2.34.